The van der Waals surface area contributed by atoms with Crippen molar-refractivity contribution in [2.45, 2.75) is 38.9 Å². The van der Waals surface area contributed by atoms with Gasteiger partial charge >= 0.3 is 0 Å². The van der Waals surface area contributed by atoms with E-state index >= 15 is 0 Å². The van der Waals surface area contributed by atoms with Gasteiger partial charge in [0.2, 0.25) is 0 Å². The minimum atomic E-state index is -0.545. The van der Waals surface area contributed by atoms with Crippen LogP contribution in [0.15, 0.2) is 18.2 Å². The number of nitriles is 1. The monoisotopic (exact) mass is 274 g/mol. The van der Waals surface area contributed by atoms with Crippen LogP contribution in [-0.4, -0.2) is 30.9 Å². The maximum absolute atomic E-state index is 9.93. The Morgan fingerprint density at radius 1 is 1.55 bits per heavy atom. The molecule has 1 fully saturated rings. The molecule has 4 heteroatoms. The van der Waals surface area contributed by atoms with Crippen molar-refractivity contribution in [3.05, 3.63) is 29.3 Å². The van der Waals surface area contributed by atoms with Crippen LogP contribution in [0, 0.1) is 11.3 Å². The van der Waals surface area contributed by atoms with Crippen LogP contribution in [0.25, 0.3) is 0 Å². The Labute approximate surface area is 120 Å². The van der Waals surface area contributed by atoms with E-state index in [0.717, 1.165) is 43.8 Å². The third-order valence-electron chi connectivity index (χ3n) is 3.78. The summed E-state index contributed by atoms with van der Waals surface area (Å²) >= 11 is 0. The Balaban J connectivity index is 2.28. The molecule has 20 heavy (non-hydrogen) atoms. The second-order valence-corrected chi connectivity index (χ2v) is 5.24. The normalized spacial score (nSPS) is 19.6. The van der Waals surface area contributed by atoms with Gasteiger partial charge in [-0.05, 0) is 38.8 Å². The number of likely N-dealkylation sites (N-methyl/N-ethyl adjacent to an activating group) is 1. The van der Waals surface area contributed by atoms with Crippen molar-refractivity contribution < 1.29 is 9.84 Å². The van der Waals surface area contributed by atoms with Crippen molar-refractivity contribution in [1.29, 1.82) is 5.26 Å². The van der Waals surface area contributed by atoms with E-state index in [1.807, 2.05) is 12.1 Å². The van der Waals surface area contributed by atoms with Crippen LogP contribution in [0.1, 0.15) is 43.9 Å². The van der Waals surface area contributed by atoms with Gasteiger partial charge < -0.3 is 14.7 Å². The van der Waals surface area contributed by atoms with Gasteiger partial charge in [0, 0.05) is 30.9 Å². The molecule has 2 rings (SSSR count). The van der Waals surface area contributed by atoms with E-state index < -0.39 is 6.10 Å². The van der Waals surface area contributed by atoms with E-state index in [9.17, 15) is 5.11 Å². The molecule has 1 aromatic rings. The minimum Gasteiger partial charge on any atom is -0.389 e. The lowest BCUT2D eigenvalue weighted by Gasteiger charge is -2.29. The van der Waals surface area contributed by atoms with E-state index in [4.69, 9.17) is 10.00 Å². The molecule has 0 spiro atoms. The topological polar surface area (TPSA) is 56.5 Å². The smallest absolute Gasteiger partial charge is 0.0992 e. The summed E-state index contributed by atoms with van der Waals surface area (Å²) in [6, 6.07) is 7.63. The van der Waals surface area contributed by atoms with Crippen LogP contribution in [0.5, 0.6) is 0 Å². The largest absolute Gasteiger partial charge is 0.389 e. The zero-order valence-corrected chi connectivity index (χ0v) is 12.2. The lowest BCUT2D eigenvalue weighted by Crippen LogP contribution is -2.33. The third-order valence-corrected chi connectivity index (χ3v) is 3.78. The van der Waals surface area contributed by atoms with Crippen molar-refractivity contribution in [2.75, 3.05) is 24.6 Å². The first kappa shape index (κ1) is 14.8. The van der Waals surface area contributed by atoms with Crippen molar-refractivity contribution >= 4 is 5.69 Å². The van der Waals surface area contributed by atoms with Gasteiger partial charge in [0.15, 0.2) is 0 Å². The van der Waals surface area contributed by atoms with Crippen LogP contribution in [-0.2, 0) is 4.74 Å². The number of rotatable bonds is 5. The molecule has 1 heterocycles. The first-order valence-corrected chi connectivity index (χ1v) is 7.24. The zero-order valence-electron chi connectivity index (χ0n) is 12.2. The molecule has 1 saturated heterocycles. The predicted octanol–water partition coefficient (Wildman–Crippen LogP) is 2.62. The fourth-order valence-corrected chi connectivity index (χ4v) is 2.67. The molecule has 0 radical (unpaired) electrons. The van der Waals surface area contributed by atoms with Crippen LogP contribution in [0.2, 0.25) is 0 Å². The average molecular weight is 274 g/mol. The molecule has 2 atom stereocenters. The van der Waals surface area contributed by atoms with Gasteiger partial charge in [0.1, 0.15) is 0 Å². The van der Waals surface area contributed by atoms with Crippen molar-refractivity contribution in [2.24, 2.45) is 0 Å². The van der Waals surface area contributed by atoms with E-state index in [-0.39, 0.29) is 6.10 Å². The summed E-state index contributed by atoms with van der Waals surface area (Å²) in [5.41, 5.74) is 2.43. The van der Waals surface area contributed by atoms with Gasteiger partial charge in [-0.25, -0.2) is 0 Å². The lowest BCUT2D eigenvalue weighted by molar-refractivity contribution is 0.115. The standard InChI is InChI=1S/C16H22N2O2/c1-3-18(11-14-5-4-8-20-14)16-9-13(10-17)6-7-15(16)12(2)19/h6-7,9,12,14,19H,3-5,8,11H2,1-2H3/t12-,14?/m0/s1. The predicted molar refractivity (Wildman–Crippen MR) is 78.7 cm³/mol. The highest BCUT2D eigenvalue weighted by molar-refractivity contribution is 5.58. The number of benzene rings is 1. The molecule has 1 aliphatic heterocycles. The molecule has 108 valence electrons. The summed E-state index contributed by atoms with van der Waals surface area (Å²) in [7, 11) is 0. The fourth-order valence-electron chi connectivity index (χ4n) is 2.67. The lowest BCUT2D eigenvalue weighted by atomic mass is 10.0. The Kier molecular flexibility index (Phi) is 4.99. The molecular weight excluding hydrogens is 252 g/mol. The fraction of sp³-hybridized carbons (Fsp3) is 0.562. The first-order chi connectivity index (χ1) is 9.65. The molecule has 0 amide bonds. The number of hydrogen-bond donors (Lipinski definition) is 1. The molecule has 0 bridgehead atoms. The van der Waals surface area contributed by atoms with Crippen molar-refractivity contribution in [3.63, 3.8) is 0 Å². The highest BCUT2D eigenvalue weighted by Gasteiger charge is 2.21. The summed E-state index contributed by atoms with van der Waals surface area (Å²) in [5, 5.41) is 19.0. The van der Waals surface area contributed by atoms with E-state index in [0.29, 0.717) is 5.56 Å². The van der Waals surface area contributed by atoms with E-state index in [1.54, 1.807) is 13.0 Å². The average Bonchev–Trinajstić information content (AvgIpc) is 2.97. The van der Waals surface area contributed by atoms with Crippen LogP contribution in [0.4, 0.5) is 5.69 Å². The van der Waals surface area contributed by atoms with Crippen molar-refractivity contribution in [1.82, 2.24) is 0 Å². The minimum absolute atomic E-state index is 0.252. The molecule has 1 N–H and O–H groups in total. The number of anilines is 1. The Morgan fingerprint density at radius 2 is 2.35 bits per heavy atom. The van der Waals surface area contributed by atoms with Gasteiger partial charge in [-0.1, -0.05) is 6.07 Å². The second kappa shape index (κ2) is 6.74. The van der Waals surface area contributed by atoms with Crippen LogP contribution < -0.4 is 4.90 Å². The molecule has 0 saturated carbocycles. The molecule has 1 unspecified atom stereocenters. The third kappa shape index (κ3) is 3.30. The number of nitrogens with zero attached hydrogens (tertiary/aromatic N) is 2. The first-order valence-electron chi connectivity index (χ1n) is 7.24. The number of ether oxygens (including phenoxy) is 1. The summed E-state index contributed by atoms with van der Waals surface area (Å²) in [4.78, 5) is 2.19. The van der Waals surface area contributed by atoms with E-state index in [1.165, 1.54) is 0 Å². The molecule has 4 nitrogen and oxygen atoms in total. The SMILES string of the molecule is CCN(CC1CCCO1)c1cc(C#N)ccc1[C@H](C)O. The van der Waals surface area contributed by atoms with Gasteiger partial charge in [0.25, 0.3) is 0 Å². The molecule has 0 aromatic heterocycles. The number of aliphatic hydroxyl groups excluding tert-OH is 1. The highest BCUT2D eigenvalue weighted by atomic mass is 16.5. The highest BCUT2D eigenvalue weighted by Crippen LogP contribution is 2.29. The number of aliphatic hydroxyl groups is 1. The summed E-state index contributed by atoms with van der Waals surface area (Å²) in [6.07, 6.45) is 1.90. The van der Waals surface area contributed by atoms with E-state index in [2.05, 4.69) is 17.9 Å². The van der Waals surface area contributed by atoms with Crippen LogP contribution >= 0.6 is 0 Å². The molecule has 1 aromatic carbocycles. The quantitative estimate of drug-likeness (QED) is 0.896. The maximum atomic E-state index is 9.93. The summed E-state index contributed by atoms with van der Waals surface area (Å²) in [6.45, 7) is 6.31. The maximum Gasteiger partial charge on any atom is 0.0992 e. The Hall–Kier alpha value is -1.57. The van der Waals surface area contributed by atoms with Gasteiger partial charge in [-0.2, -0.15) is 5.26 Å². The van der Waals surface area contributed by atoms with Crippen LogP contribution in [0.3, 0.4) is 0 Å². The number of hydrogen-bond acceptors (Lipinski definition) is 4. The molecular formula is C16H22N2O2. The van der Waals surface area contributed by atoms with Gasteiger partial charge in [-0.15, -0.1) is 0 Å². The zero-order chi connectivity index (χ0) is 14.5. The Morgan fingerprint density at radius 3 is 2.90 bits per heavy atom. The second-order valence-electron chi connectivity index (χ2n) is 5.24. The Bertz CT molecular complexity index is 488. The van der Waals surface area contributed by atoms with Gasteiger partial charge in [-0.3, -0.25) is 0 Å². The van der Waals surface area contributed by atoms with Gasteiger partial charge in [0.05, 0.1) is 23.8 Å². The summed E-state index contributed by atoms with van der Waals surface area (Å²) < 4.78 is 5.69. The summed E-state index contributed by atoms with van der Waals surface area (Å²) in [5.74, 6) is 0. The van der Waals surface area contributed by atoms with Crippen molar-refractivity contribution in [3.8, 4) is 6.07 Å². The molecule has 0 aliphatic carbocycles. The molecule has 1 aliphatic rings.